The average Bonchev–Trinajstić information content (AvgIpc) is 3.02. The van der Waals surface area contributed by atoms with Gasteiger partial charge in [0.1, 0.15) is 12.2 Å². The fourth-order valence-corrected chi connectivity index (χ4v) is 5.13. The minimum Gasteiger partial charge on any atom is -0.351 e. The number of rotatable bonds is 3. The molecule has 2 saturated carbocycles. The third-order valence-corrected chi connectivity index (χ3v) is 6.38. The molecule has 0 radical (unpaired) electrons. The smallest absolute Gasteiger partial charge is 0.332 e. The molecule has 3 N–H and O–H groups in total. The third-order valence-electron chi connectivity index (χ3n) is 6.38. The molecule has 2 fully saturated rings. The number of aryl methyl sites for hydroxylation is 1. The maximum absolute atomic E-state index is 12.7. The zero-order chi connectivity index (χ0) is 19.3. The molecule has 2 heterocycles. The Labute approximate surface area is 156 Å². The Kier molecular flexibility index (Phi) is 4.46. The zero-order valence-corrected chi connectivity index (χ0v) is 15.9. The molecule has 2 aromatic heterocycles. The minimum absolute atomic E-state index is 0.0852. The first-order valence-electron chi connectivity index (χ1n) is 9.66. The normalized spacial score (nSPS) is 27.7. The molecule has 0 spiro atoms. The maximum Gasteiger partial charge on any atom is 0.332 e. The molecule has 0 aromatic carbocycles. The van der Waals surface area contributed by atoms with E-state index < -0.39 is 5.69 Å². The van der Waals surface area contributed by atoms with Gasteiger partial charge in [-0.25, -0.2) is 4.79 Å². The number of nitrogens with two attached hydrogens (primary N) is 1. The second-order valence-corrected chi connectivity index (χ2v) is 8.16. The summed E-state index contributed by atoms with van der Waals surface area (Å²) in [7, 11) is 3.08. The number of hydrogen-bond acceptors (Lipinski definition) is 4. The van der Waals surface area contributed by atoms with Gasteiger partial charge in [-0.05, 0) is 43.6 Å². The Morgan fingerprint density at radius 3 is 2.52 bits per heavy atom. The zero-order valence-electron chi connectivity index (χ0n) is 15.9. The minimum atomic E-state index is -0.399. The van der Waals surface area contributed by atoms with Crippen LogP contribution in [0.1, 0.15) is 32.1 Å². The standard InChI is InChI=1S/C19H27N5O3/c1-22-17-14(18(26)23(2)19(22)27)6-7-24(17)10-15(25)21-16-11-4-3-5-12(16)9-13(20)8-11/h6-7,11-13,16H,3-5,8-10,20H2,1-2H3,(H,21,25). The molecular weight excluding hydrogens is 346 g/mol. The number of nitrogens with one attached hydrogen (secondary N) is 1. The summed E-state index contributed by atoms with van der Waals surface area (Å²) >= 11 is 0. The second kappa shape index (κ2) is 6.67. The Balaban J connectivity index is 1.57. The second-order valence-electron chi connectivity index (χ2n) is 8.16. The van der Waals surface area contributed by atoms with Crippen molar-refractivity contribution in [3.05, 3.63) is 33.1 Å². The van der Waals surface area contributed by atoms with Gasteiger partial charge in [-0.2, -0.15) is 0 Å². The lowest BCUT2D eigenvalue weighted by molar-refractivity contribution is -0.124. The molecule has 2 atom stereocenters. The highest BCUT2D eigenvalue weighted by Crippen LogP contribution is 2.39. The van der Waals surface area contributed by atoms with E-state index in [9.17, 15) is 14.4 Å². The first kappa shape index (κ1) is 18.0. The van der Waals surface area contributed by atoms with Crippen molar-refractivity contribution in [2.75, 3.05) is 0 Å². The van der Waals surface area contributed by atoms with Gasteiger partial charge >= 0.3 is 5.69 Å². The summed E-state index contributed by atoms with van der Waals surface area (Å²) < 4.78 is 4.18. The van der Waals surface area contributed by atoms with Crippen molar-refractivity contribution in [2.45, 2.75) is 50.7 Å². The van der Waals surface area contributed by atoms with E-state index in [0.29, 0.717) is 22.9 Å². The van der Waals surface area contributed by atoms with Gasteiger partial charge in [0.2, 0.25) is 5.91 Å². The van der Waals surface area contributed by atoms with Crippen LogP contribution in [-0.4, -0.2) is 31.7 Å². The average molecular weight is 373 g/mol. The van der Waals surface area contributed by atoms with Crippen LogP contribution in [0, 0.1) is 11.8 Å². The van der Waals surface area contributed by atoms with Crippen LogP contribution < -0.4 is 22.3 Å². The molecule has 8 heteroatoms. The fraction of sp³-hybridized carbons (Fsp3) is 0.632. The molecule has 2 aliphatic carbocycles. The highest BCUT2D eigenvalue weighted by atomic mass is 16.2. The predicted molar refractivity (Wildman–Crippen MR) is 102 cm³/mol. The molecule has 1 amide bonds. The Hall–Kier alpha value is -2.35. The summed E-state index contributed by atoms with van der Waals surface area (Å²) in [6, 6.07) is 2.09. The topological polar surface area (TPSA) is 104 Å². The number of aromatic nitrogens is 3. The Morgan fingerprint density at radius 1 is 1.19 bits per heavy atom. The third kappa shape index (κ3) is 3.01. The number of nitrogens with zero attached hydrogens (tertiary/aromatic N) is 3. The van der Waals surface area contributed by atoms with Crippen molar-refractivity contribution >= 4 is 16.9 Å². The van der Waals surface area contributed by atoms with Crippen LogP contribution in [0.2, 0.25) is 0 Å². The number of fused-ring (bicyclic) bond motifs is 3. The number of carbonyl (C=O) groups is 1. The van der Waals surface area contributed by atoms with E-state index in [0.717, 1.165) is 30.3 Å². The monoisotopic (exact) mass is 373 g/mol. The van der Waals surface area contributed by atoms with Crippen molar-refractivity contribution in [1.29, 1.82) is 0 Å². The molecule has 2 unspecified atom stereocenters. The SMILES string of the molecule is Cn1c(=O)c2ccn(CC(=O)NC3C4CCCC3CC(N)C4)c2n(C)c1=O. The summed E-state index contributed by atoms with van der Waals surface area (Å²) in [4.78, 5) is 37.3. The first-order valence-corrected chi connectivity index (χ1v) is 9.66. The van der Waals surface area contributed by atoms with Crippen molar-refractivity contribution in [3.63, 3.8) is 0 Å². The molecule has 2 bridgehead atoms. The molecule has 8 nitrogen and oxygen atoms in total. The van der Waals surface area contributed by atoms with Crippen LogP contribution in [-0.2, 0) is 25.4 Å². The lowest BCUT2D eigenvalue weighted by atomic mass is 9.67. The largest absolute Gasteiger partial charge is 0.351 e. The van der Waals surface area contributed by atoms with Gasteiger partial charge < -0.3 is 15.6 Å². The van der Waals surface area contributed by atoms with Crippen molar-refractivity contribution in [2.24, 2.45) is 31.7 Å². The fourth-order valence-electron chi connectivity index (χ4n) is 5.13. The molecule has 146 valence electrons. The molecular formula is C19H27N5O3. The van der Waals surface area contributed by atoms with Gasteiger partial charge in [-0.15, -0.1) is 0 Å². The van der Waals surface area contributed by atoms with Crippen molar-refractivity contribution in [1.82, 2.24) is 19.0 Å². The summed E-state index contributed by atoms with van der Waals surface area (Å²) in [5, 5.41) is 3.66. The Morgan fingerprint density at radius 2 is 1.85 bits per heavy atom. The predicted octanol–water partition coefficient (Wildman–Crippen LogP) is 0.0609. The van der Waals surface area contributed by atoms with E-state index >= 15 is 0 Å². The van der Waals surface area contributed by atoms with Crippen molar-refractivity contribution < 1.29 is 4.79 Å². The van der Waals surface area contributed by atoms with Gasteiger partial charge in [-0.1, -0.05) is 6.42 Å². The van der Waals surface area contributed by atoms with Crippen molar-refractivity contribution in [3.8, 4) is 0 Å². The summed E-state index contributed by atoms with van der Waals surface area (Å²) in [6.45, 7) is 0.0892. The van der Waals surface area contributed by atoms with Crippen LogP contribution in [0.25, 0.3) is 11.0 Å². The molecule has 0 saturated heterocycles. The van der Waals surface area contributed by atoms with E-state index in [4.69, 9.17) is 5.73 Å². The molecule has 0 aliphatic heterocycles. The molecule has 2 aliphatic rings. The quantitative estimate of drug-likeness (QED) is 0.794. The van der Waals surface area contributed by atoms with Gasteiger partial charge in [-0.3, -0.25) is 18.7 Å². The Bertz CT molecular complexity index is 987. The number of amides is 1. The summed E-state index contributed by atoms with van der Waals surface area (Å²) in [5.74, 6) is 0.821. The van der Waals surface area contributed by atoms with E-state index in [1.54, 1.807) is 23.9 Å². The summed E-state index contributed by atoms with van der Waals surface area (Å²) in [5.41, 5.74) is 5.90. The molecule has 4 rings (SSSR count). The lowest BCUT2D eigenvalue weighted by Gasteiger charge is -2.45. The van der Waals surface area contributed by atoms with E-state index in [1.165, 1.54) is 18.0 Å². The van der Waals surface area contributed by atoms with Gasteiger partial charge in [0.15, 0.2) is 0 Å². The van der Waals surface area contributed by atoms with E-state index in [-0.39, 0.29) is 30.1 Å². The van der Waals surface area contributed by atoms with E-state index in [2.05, 4.69) is 5.32 Å². The van der Waals surface area contributed by atoms with Crippen LogP contribution in [0.3, 0.4) is 0 Å². The highest BCUT2D eigenvalue weighted by Gasteiger charge is 2.39. The lowest BCUT2D eigenvalue weighted by Crippen LogP contribution is -2.54. The first-order chi connectivity index (χ1) is 12.9. The van der Waals surface area contributed by atoms with Crippen LogP contribution in [0.5, 0.6) is 0 Å². The molecule has 27 heavy (non-hydrogen) atoms. The highest BCUT2D eigenvalue weighted by molar-refractivity contribution is 5.81. The summed E-state index contributed by atoms with van der Waals surface area (Å²) in [6.07, 6.45) is 7.08. The van der Waals surface area contributed by atoms with Gasteiger partial charge in [0.05, 0.1) is 5.39 Å². The maximum atomic E-state index is 12.7. The van der Waals surface area contributed by atoms with Gasteiger partial charge in [0, 0.05) is 32.4 Å². The number of carbonyl (C=O) groups excluding carboxylic acids is 1. The van der Waals surface area contributed by atoms with Crippen LogP contribution in [0.15, 0.2) is 21.9 Å². The van der Waals surface area contributed by atoms with Crippen LogP contribution >= 0.6 is 0 Å². The van der Waals surface area contributed by atoms with Gasteiger partial charge in [0.25, 0.3) is 5.56 Å². The van der Waals surface area contributed by atoms with E-state index in [1.807, 2.05) is 0 Å². The van der Waals surface area contributed by atoms with Crippen LogP contribution in [0.4, 0.5) is 0 Å². The number of hydrogen-bond donors (Lipinski definition) is 2. The molecule has 2 aromatic rings.